The van der Waals surface area contributed by atoms with Crippen LogP contribution in [0.15, 0.2) is 91.0 Å². The van der Waals surface area contributed by atoms with E-state index >= 15 is 0 Å². The van der Waals surface area contributed by atoms with E-state index in [0.717, 1.165) is 27.5 Å². The van der Waals surface area contributed by atoms with E-state index in [1.807, 2.05) is 72.8 Å². The fourth-order valence-corrected chi connectivity index (χ4v) is 6.34. The highest BCUT2D eigenvalue weighted by molar-refractivity contribution is 6.06. The summed E-state index contributed by atoms with van der Waals surface area (Å²) in [4.78, 5) is 51.0. The number of aromatic nitrogens is 9. The topological polar surface area (TPSA) is 197 Å². The Hall–Kier alpha value is -7.09. The molecule has 4 aromatic carbocycles. The van der Waals surface area contributed by atoms with E-state index in [1.165, 1.54) is 4.80 Å². The Morgan fingerprint density at radius 1 is 0.600 bits per heavy atom. The molecular weight excluding hydrogens is 638 g/mol. The zero-order valence-electron chi connectivity index (χ0n) is 25.9. The van der Waals surface area contributed by atoms with Crippen molar-refractivity contribution < 1.29 is 29.3 Å². The number of aliphatic carboxylic acids is 2. The van der Waals surface area contributed by atoms with E-state index < -0.39 is 30.9 Å². The number of aromatic amines is 2. The number of carboxylic acids is 2. The summed E-state index contributed by atoms with van der Waals surface area (Å²) in [6, 6.07) is 28.3. The summed E-state index contributed by atoms with van der Waals surface area (Å²) in [7, 11) is 0. The minimum absolute atomic E-state index is 0.270. The summed E-state index contributed by atoms with van der Waals surface area (Å²) in [5.41, 5.74) is 5.07. The fourth-order valence-electron chi connectivity index (χ4n) is 6.34. The van der Waals surface area contributed by atoms with Crippen LogP contribution >= 0.6 is 0 Å². The number of nitrogens with one attached hydrogen (secondary N) is 2. The van der Waals surface area contributed by atoms with Crippen molar-refractivity contribution in [2.75, 3.05) is 0 Å². The predicted octanol–water partition coefficient (Wildman–Crippen LogP) is 5.18. The maximum Gasteiger partial charge on any atom is 0.307 e. The fraction of sp³-hybridized carbons (Fsp3) is 0.0833. The van der Waals surface area contributed by atoms with E-state index in [9.17, 15) is 19.8 Å². The Bertz CT molecular complexity index is 2720. The lowest BCUT2D eigenvalue weighted by Gasteiger charge is -2.15. The van der Waals surface area contributed by atoms with Gasteiger partial charge in [0.05, 0.1) is 27.8 Å². The van der Waals surface area contributed by atoms with Gasteiger partial charge in [0, 0.05) is 38.7 Å². The predicted molar refractivity (Wildman–Crippen MR) is 181 cm³/mol. The Labute approximate surface area is 280 Å². The first-order chi connectivity index (χ1) is 24.4. The molecule has 14 nitrogen and oxygen atoms in total. The Balaban J connectivity index is 1.37. The molecule has 0 amide bonds. The monoisotopic (exact) mass is 662 g/mol. The number of ether oxygens (including phenoxy) is 1. The number of para-hydroxylation sites is 1. The standard InChI is InChI=1S/C36H23N9O5/c46-28(47)16-19(17-29(48)49)50-18-13-14-24-26(15-18)36-42-34(24)40-32-21-8-2-1-7-20(21)30(38-32)37-31-22-9-3-4-10-23(22)33(39-31)41-35-25-11-5-6-12-27(25)45(43-35)44-36/h1-15,19H,16-17H2,(H3,37,38,39,40,41,42,43,44,46,47,48,49)/p+1. The molecule has 2 aliphatic rings. The number of benzene rings is 4. The molecule has 3 aromatic heterocycles. The van der Waals surface area contributed by atoms with Crippen LogP contribution in [0.4, 0.5) is 0 Å². The van der Waals surface area contributed by atoms with Crippen LogP contribution < -0.4 is 9.53 Å². The molecule has 0 saturated heterocycles. The lowest BCUT2D eigenvalue weighted by atomic mass is 10.1. The average Bonchev–Trinajstić information content (AvgIpc) is 3.83. The third kappa shape index (κ3) is 4.93. The zero-order chi connectivity index (χ0) is 33.9. The molecule has 4 N–H and O–H groups in total. The van der Waals surface area contributed by atoms with E-state index in [0.29, 0.717) is 56.5 Å². The number of hydrogen-bond acceptors (Lipinski definition) is 9. The minimum Gasteiger partial charge on any atom is -0.489 e. The summed E-state index contributed by atoms with van der Waals surface area (Å²) in [6.07, 6.45) is -2.06. The van der Waals surface area contributed by atoms with Crippen LogP contribution in [0.25, 0.3) is 84.0 Å². The van der Waals surface area contributed by atoms with Crippen molar-refractivity contribution in [3.8, 4) is 45.6 Å². The Morgan fingerprint density at radius 3 is 1.78 bits per heavy atom. The summed E-state index contributed by atoms with van der Waals surface area (Å²) < 4.78 is 5.90. The molecule has 7 aromatic rings. The molecule has 8 bridgehead atoms. The second-order valence-corrected chi connectivity index (χ2v) is 11.8. The second kappa shape index (κ2) is 11.3. The smallest absolute Gasteiger partial charge is 0.307 e. The minimum atomic E-state index is -1.17. The maximum absolute atomic E-state index is 11.5. The van der Waals surface area contributed by atoms with Crippen molar-refractivity contribution >= 4 is 56.1 Å². The molecule has 0 radical (unpaired) electrons. The molecule has 242 valence electrons. The van der Waals surface area contributed by atoms with Gasteiger partial charge in [-0.15, -0.1) is 0 Å². The van der Waals surface area contributed by atoms with Crippen molar-refractivity contribution in [2.24, 2.45) is 0 Å². The Kier molecular flexibility index (Phi) is 6.55. The van der Waals surface area contributed by atoms with Crippen LogP contribution in [0.3, 0.4) is 0 Å². The normalized spacial score (nSPS) is 11.9. The molecule has 0 saturated carbocycles. The van der Waals surface area contributed by atoms with Gasteiger partial charge in [-0.05, 0) is 24.3 Å². The van der Waals surface area contributed by atoms with E-state index in [-0.39, 0.29) is 5.75 Å². The number of carbonyl (C=O) groups is 2. The van der Waals surface area contributed by atoms with E-state index in [4.69, 9.17) is 34.9 Å². The number of fused-ring (bicyclic) bond motifs is 20. The van der Waals surface area contributed by atoms with Gasteiger partial charge in [-0.1, -0.05) is 60.7 Å². The molecule has 0 atom stereocenters. The van der Waals surface area contributed by atoms with Gasteiger partial charge >= 0.3 is 11.9 Å². The molecule has 14 heteroatoms. The third-order valence-corrected chi connectivity index (χ3v) is 8.54. The Morgan fingerprint density at radius 2 is 1.14 bits per heavy atom. The van der Waals surface area contributed by atoms with Crippen LogP contribution in [0.5, 0.6) is 5.75 Å². The number of nitrogens with zero attached hydrogens (tertiary/aromatic N) is 7. The van der Waals surface area contributed by atoms with Gasteiger partial charge in [-0.2, -0.15) is 0 Å². The summed E-state index contributed by atoms with van der Waals surface area (Å²) in [5, 5.41) is 31.4. The number of H-pyrrole nitrogens is 2. The van der Waals surface area contributed by atoms with Crippen LogP contribution in [-0.4, -0.2) is 68.4 Å². The van der Waals surface area contributed by atoms with Crippen molar-refractivity contribution in [3.63, 3.8) is 0 Å². The first-order valence-electron chi connectivity index (χ1n) is 15.6. The van der Waals surface area contributed by atoms with Gasteiger partial charge in [-0.3, -0.25) is 9.59 Å². The van der Waals surface area contributed by atoms with E-state index in [2.05, 4.69) is 9.97 Å². The number of hydrogen-bond donors (Lipinski definition) is 4. The quantitative estimate of drug-likeness (QED) is 0.171. The van der Waals surface area contributed by atoms with Gasteiger partial charge in [0.2, 0.25) is 11.5 Å². The summed E-state index contributed by atoms with van der Waals surface area (Å²) in [6.45, 7) is 0. The highest BCUT2D eigenvalue weighted by atomic mass is 16.5. The highest BCUT2D eigenvalue weighted by Crippen LogP contribution is 2.35. The van der Waals surface area contributed by atoms with Crippen molar-refractivity contribution in [1.82, 2.24) is 40.1 Å². The second-order valence-electron chi connectivity index (χ2n) is 11.8. The zero-order valence-corrected chi connectivity index (χ0v) is 25.9. The largest absolute Gasteiger partial charge is 0.489 e. The van der Waals surface area contributed by atoms with Crippen LogP contribution in [0, 0.1) is 0 Å². The average molecular weight is 663 g/mol. The first-order valence-corrected chi connectivity index (χ1v) is 15.6. The molecule has 0 unspecified atom stereocenters. The van der Waals surface area contributed by atoms with Crippen molar-refractivity contribution in [1.29, 1.82) is 0 Å². The summed E-state index contributed by atoms with van der Waals surface area (Å²) in [5.74, 6) is -0.711. The maximum atomic E-state index is 11.5. The molecule has 5 heterocycles. The van der Waals surface area contributed by atoms with Crippen molar-refractivity contribution in [3.05, 3.63) is 91.0 Å². The van der Waals surface area contributed by atoms with Gasteiger partial charge < -0.3 is 24.9 Å². The SMILES string of the molecule is O=C(O)CC(CC(=O)O)Oc1ccc2c3nc4nc(nc5[nH]c(nc6n[n+](nc([nH]3)c2c1)-c1ccccc1-6)c1ccccc51)-c1ccccc1-4. The van der Waals surface area contributed by atoms with Crippen LogP contribution in [0.1, 0.15) is 12.8 Å². The highest BCUT2D eigenvalue weighted by Gasteiger charge is 2.28. The van der Waals surface area contributed by atoms with Gasteiger partial charge in [-0.25, -0.2) is 19.9 Å². The number of rotatable bonds is 6. The molecule has 9 rings (SSSR count). The number of carboxylic acid groups (broad SMARTS) is 2. The molecule has 0 spiro atoms. The lowest BCUT2D eigenvalue weighted by molar-refractivity contribution is -0.711. The first kappa shape index (κ1) is 29.1. The summed E-state index contributed by atoms with van der Waals surface area (Å²) >= 11 is 0. The molecule has 50 heavy (non-hydrogen) atoms. The van der Waals surface area contributed by atoms with Crippen LogP contribution in [-0.2, 0) is 9.59 Å². The van der Waals surface area contributed by atoms with Gasteiger partial charge in [0.25, 0.3) is 5.69 Å². The molecule has 0 fully saturated rings. The van der Waals surface area contributed by atoms with Gasteiger partial charge in [0.15, 0.2) is 11.6 Å². The molecular formula is C36H24N9O5+. The molecule has 0 aliphatic carbocycles. The van der Waals surface area contributed by atoms with Gasteiger partial charge in [0.1, 0.15) is 34.4 Å². The van der Waals surface area contributed by atoms with Crippen LogP contribution in [0.2, 0.25) is 0 Å². The third-order valence-electron chi connectivity index (χ3n) is 8.54. The molecule has 2 aliphatic heterocycles. The van der Waals surface area contributed by atoms with Crippen molar-refractivity contribution in [2.45, 2.75) is 18.9 Å². The van der Waals surface area contributed by atoms with E-state index in [1.54, 1.807) is 18.2 Å². The lowest BCUT2D eigenvalue weighted by Crippen LogP contribution is -2.35.